The van der Waals surface area contributed by atoms with Crippen LogP contribution in [0.5, 0.6) is 0 Å². The van der Waals surface area contributed by atoms with Crippen LogP contribution in [0.15, 0.2) is 24.3 Å². The van der Waals surface area contributed by atoms with Gasteiger partial charge >= 0.3 is 5.97 Å². The molecule has 0 saturated carbocycles. The fourth-order valence-corrected chi connectivity index (χ4v) is 3.13. The first-order valence-corrected chi connectivity index (χ1v) is 8.05. The molecule has 0 unspecified atom stereocenters. The normalized spacial score (nSPS) is 13.9. The molecule has 1 N–H and O–H groups in total. The van der Waals surface area contributed by atoms with Crippen molar-refractivity contribution >= 4 is 11.9 Å². The van der Waals surface area contributed by atoms with Crippen molar-refractivity contribution in [1.29, 1.82) is 0 Å². The Morgan fingerprint density at radius 3 is 2.46 bits per heavy atom. The van der Waals surface area contributed by atoms with Gasteiger partial charge in [0.2, 0.25) is 0 Å². The minimum absolute atomic E-state index is 0.0418. The average molecular weight is 327 g/mol. The zero-order valence-corrected chi connectivity index (χ0v) is 14.1. The van der Waals surface area contributed by atoms with E-state index in [1.54, 1.807) is 16.6 Å². The number of aromatic nitrogens is 2. The van der Waals surface area contributed by atoms with E-state index in [0.717, 1.165) is 5.69 Å². The second-order valence-corrected chi connectivity index (χ2v) is 6.46. The Balaban J connectivity index is 1.84. The quantitative estimate of drug-likeness (QED) is 0.939. The van der Waals surface area contributed by atoms with E-state index in [2.05, 4.69) is 18.9 Å². The van der Waals surface area contributed by atoms with E-state index in [4.69, 9.17) is 0 Å². The van der Waals surface area contributed by atoms with Gasteiger partial charge in [0, 0.05) is 36.8 Å². The van der Waals surface area contributed by atoms with Crippen molar-refractivity contribution in [2.75, 3.05) is 6.54 Å². The van der Waals surface area contributed by atoms with Crippen LogP contribution in [0, 0.1) is 0 Å². The number of aromatic carboxylic acids is 1. The van der Waals surface area contributed by atoms with Crippen LogP contribution in [-0.2, 0) is 20.0 Å². The number of carboxylic acid groups (broad SMARTS) is 1. The molecular formula is C18H21N3O3. The number of rotatable bonds is 3. The average Bonchev–Trinajstić information content (AvgIpc) is 2.91. The number of fused-ring (bicyclic) bond motifs is 1. The zero-order chi connectivity index (χ0) is 17.4. The summed E-state index contributed by atoms with van der Waals surface area (Å²) in [6, 6.07) is 7.63. The van der Waals surface area contributed by atoms with Crippen LogP contribution in [0.4, 0.5) is 0 Å². The van der Waals surface area contributed by atoms with Gasteiger partial charge in [-0.3, -0.25) is 9.48 Å². The summed E-state index contributed by atoms with van der Waals surface area (Å²) in [5.41, 5.74) is 3.40. The van der Waals surface area contributed by atoms with E-state index in [1.165, 1.54) is 5.56 Å². The van der Waals surface area contributed by atoms with E-state index in [-0.39, 0.29) is 18.1 Å². The first-order chi connectivity index (χ1) is 11.4. The molecule has 2 heterocycles. The van der Waals surface area contributed by atoms with Gasteiger partial charge in [0.25, 0.3) is 5.91 Å². The second-order valence-electron chi connectivity index (χ2n) is 6.46. The molecule has 6 heteroatoms. The fraction of sp³-hybridized carbons (Fsp3) is 0.389. The number of carbonyl (C=O) groups is 2. The minimum Gasteiger partial charge on any atom is -0.476 e. The smallest absolute Gasteiger partial charge is 0.356 e. The Labute approximate surface area is 140 Å². The molecule has 0 saturated heterocycles. The second kappa shape index (κ2) is 6.11. The SMILES string of the molecule is CC(C)c1ccc(C(=O)N2CCc3c(c(C(=O)O)nn3C)C2)cc1. The Bertz CT molecular complexity index is 791. The number of hydrogen-bond donors (Lipinski definition) is 1. The Hall–Kier alpha value is -2.63. The predicted octanol–water partition coefficient (Wildman–Crippen LogP) is 2.44. The molecule has 0 fully saturated rings. The molecule has 2 aromatic rings. The highest BCUT2D eigenvalue weighted by molar-refractivity contribution is 5.95. The number of aryl methyl sites for hydroxylation is 1. The van der Waals surface area contributed by atoms with Gasteiger partial charge in [-0.15, -0.1) is 0 Å². The van der Waals surface area contributed by atoms with Crippen LogP contribution in [0.25, 0.3) is 0 Å². The number of carbonyl (C=O) groups excluding carboxylic acids is 1. The topological polar surface area (TPSA) is 75.4 Å². The fourth-order valence-electron chi connectivity index (χ4n) is 3.13. The molecule has 1 aromatic heterocycles. The first-order valence-electron chi connectivity index (χ1n) is 8.05. The van der Waals surface area contributed by atoms with Gasteiger partial charge in [-0.2, -0.15) is 5.10 Å². The van der Waals surface area contributed by atoms with Gasteiger partial charge in [-0.25, -0.2) is 4.79 Å². The van der Waals surface area contributed by atoms with E-state index < -0.39 is 5.97 Å². The molecule has 6 nitrogen and oxygen atoms in total. The van der Waals surface area contributed by atoms with Gasteiger partial charge in [-0.1, -0.05) is 26.0 Å². The third kappa shape index (κ3) is 2.79. The summed E-state index contributed by atoms with van der Waals surface area (Å²) in [4.78, 5) is 25.8. The van der Waals surface area contributed by atoms with Crippen LogP contribution in [-0.4, -0.2) is 38.2 Å². The maximum absolute atomic E-state index is 12.7. The van der Waals surface area contributed by atoms with Crippen molar-refractivity contribution in [3.8, 4) is 0 Å². The zero-order valence-electron chi connectivity index (χ0n) is 14.1. The van der Waals surface area contributed by atoms with Gasteiger partial charge < -0.3 is 10.0 Å². The lowest BCUT2D eigenvalue weighted by atomic mass is 10.0. The third-order valence-corrected chi connectivity index (χ3v) is 4.56. The minimum atomic E-state index is -1.05. The molecule has 24 heavy (non-hydrogen) atoms. The van der Waals surface area contributed by atoms with Gasteiger partial charge in [0.05, 0.1) is 6.54 Å². The van der Waals surface area contributed by atoms with Crippen molar-refractivity contribution in [3.63, 3.8) is 0 Å². The van der Waals surface area contributed by atoms with Crippen molar-refractivity contribution in [1.82, 2.24) is 14.7 Å². The lowest BCUT2D eigenvalue weighted by molar-refractivity contribution is 0.0674. The largest absolute Gasteiger partial charge is 0.476 e. The maximum atomic E-state index is 12.7. The third-order valence-electron chi connectivity index (χ3n) is 4.56. The molecule has 0 radical (unpaired) electrons. The van der Waals surface area contributed by atoms with E-state index >= 15 is 0 Å². The molecule has 3 rings (SSSR count). The predicted molar refractivity (Wildman–Crippen MR) is 89.1 cm³/mol. The summed E-state index contributed by atoms with van der Waals surface area (Å²) in [5, 5.41) is 13.4. The Kier molecular flexibility index (Phi) is 4.13. The highest BCUT2D eigenvalue weighted by Gasteiger charge is 2.29. The van der Waals surface area contributed by atoms with Crippen molar-refractivity contribution in [3.05, 3.63) is 52.3 Å². The maximum Gasteiger partial charge on any atom is 0.356 e. The molecule has 1 aliphatic rings. The molecule has 1 aliphatic heterocycles. The summed E-state index contributed by atoms with van der Waals surface area (Å²) in [7, 11) is 1.74. The molecule has 0 atom stereocenters. The van der Waals surface area contributed by atoms with E-state index in [9.17, 15) is 14.7 Å². The summed E-state index contributed by atoms with van der Waals surface area (Å²) in [6.45, 7) is 5.07. The summed E-state index contributed by atoms with van der Waals surface area (Å²) in [6.07, 6.45) is 0.613. The van der Waals surface area contributed by atoms with E-state index in [1.807, 2.05) is 24.3 Å². The monoisotopic (exact) mass is 327 g/mol. The molecule has 0 spiro atoms. The molecular weight excluding hydrogens is 306 g/mol. The standard InChI is InChI=1S/C18H21N3O3/c1-11(2)12-4-6-13(7-5-12)17(22)21-9-8-15-14(10-21)16(18(23)24)19-20(15)3/h4-7,11H,8-10H2,1-3H3,(H,23,24). The molecule has 1 amide bonds. The van der Waals surface area contributed by atoms with Crippen LogP contribution in [0.3, 0.4) is 0 Å². The number of benzene rings is 1. The van der Waals surface area contributed by atoms with Gasteiger partial charge in [0.15, 0.2) is 5.69 Å². The molecule has 0 aliphatic carbocycles. The molecule has 1 aromatic carbocycles. The lowest BCUT2D eigenvalue weighted by Gasteiger charge is -2.27. The number of nitrogens with zero attached hydrogens (tertiary/aromatic N) is 3. The van der Waals surface area contributed by atoms with Gasteiger partial charge in [-0.05, 0) is 23.6 Å². The molecule has 126 valence electrons. The van der Waals surface area contributed by atoms with Crippen molar-refractivity contribution in [2.45, 2.75) is 32.7 Å². The lowest BCUT2D eigenvalue weighted by Crippen LogP contribution is -2.36. The number of hydrogen-bond acceptors (Lipinski definition) is 3. The van der Waals surface area contributed by atoms with Gasteiger partial charge in [0.1, 0.15) is 0 Å². The summed E-state index contributed by atoms with van der Waals surface area (Å²) >= 11 is 0. The Morgan fingerprint density at radius 1 is 1.21 bits per heavy atom. The van der Waals surface area contributed by atoms with Crippen molar-refractivity contribution in [2.24, 2.45) is 7.05 Å². The summed E-state index contributed by atoms with van der Waals surface area (Å²) in [5.74, 6) is -0.709. The number of carboxylic acids is 1. The highest BCUT2D eigenvalue weighted by Crippen LogP contribution is 2.24. The summed E-state index contributed by atoms with van der Waals surface area (Å²) < 4.78 is 1.61. The van der Waals surface area contributed by atoms with Crippen LogP contribution < -0.4 is 0 Å². The van der Waals surface area contributed by atoms with Crippen LogP contribution in [0.2, 0.25) is 0 Å². The van der Waals surface area contributed by atoms with Crippen LogP contribution in [0.1, 0.15) is 57.4 Å². The molecule has 0 bridgehead atoms. The Morgan fingerprint density at radius 2 is 1.88 bits per heavy atom. The van der Waals surface area contributed by atoms with Crippen molar-refractivity contribution < 1.29 is 14.7 Å². The highest BCUT2D eigenvalue weighted by atomic mass is 16.4. The number of amides is 1. The first kappa shape index (κ1) is 16.2. The van der Waals surface area contributed by atoms with E-state index in [0.29, 0.717) is 30.0 Å². The van der Waals surface area contributed by atoms with Crippen LogP contribution >= 0.6 is 0 Å².